The molecule has 5 heterocycles. The average molecular weight is 588 g/mol. The van der Waals surface area contributed by atoms with E-state index < -0.39 is 0 Å². The first kappa shape index (κ1) is 26.0. The number of anilines is 2. The number of benzene rings is 3. The van der Waals surface area contributed by atoms with Crippen LogP contribution in [0.3, 0.4) is 0 Å². The molecule has 0 fully saturated rings. The molecule has 0 N–H and O–H groups in total. The summed E-state index contributed by atoms with van der Waals surface area (Å²) in [6.45, 7) is 10.7. The summed E-state index contributed by atoms with van der Waals surface area (Å²) in [5, 5.41) is 4.04. The number of hydrogen-bond donors (Lipinski definition) is 0. The van der Waals surface area contributed by atoms with Crippen molar-refractivity contribution < 1.29 is 4.74 Å². The van der Waals surface area contributed by atoms with Crippen LogP contribution in [0.1, 0.15) is 72.9 Å². The van der Waals surface area contributed by atoms with E-state index in [1.165, 1.54) is 69.8 Å². The Balaban J connectivity index is 1.49. The molecule has 5 aliphatic rings. The summed E-state index contributed by atoms with van der Waals surface area (Å²) < 4.78 is 9.78. The zero-order valence-electron chi connectivity index (χ0n) is 24.2. The molecular formula is C35H38Cl2N3O+. The molecule has 0 aromatic heterocycles. The van der Waals surface area contributed by atoms with Gasteiger partial charge in [-0.25, -0.2) is 4.58 Å². The van der Waals surface area contributed by atoms with E-state index in [1.54, 1.807) is 0 Å². The lowest BCUT2D eigenvalue weighted by Crippen LogP contribution is -2.45. The van der Waals surface area contributed by atoms with Crippen LogP contribution in [-0.4, -0.2) is 39.3 Å². The largest absolute Gasteiger partial charge is 0.455 e. The fraction of sp³-hybridized carbons (Fsp3) is 0.457. The molecule has 0 spiro atoms. The van der Waals surface area contributed by atoms with Gasteiger partial charge < -0.3 is 14.5 Å². The van der Waals surface area contributed by atoms with Crippen LogP contribution < -0.4 is 29.7 Å². The summed E-state index contributed by atoms with van der Waals surface area (Å²) in [5.41, 5.74) is 11.5. The lowest BCUT2D eigenvalue weighted by atomic mass is 9.82. The first-order valence-electron chi connectivity index (χ1n) is 15.7. The number of aryl methyl sites for hydroxylation is 2. The monoisotopic (exact) mass is 586 g/mol. The molecule has 0 unspecified atom stereocenters. The van der Waals surface area contributed by atoms with Crippen LogP contribution in [0.15, 0.2) is 24.3 Å². The van der Waals surface area contributed by atoms with Gasteiger partial charge in [0.1, 0.15) is 24.6 Å². The lowest BCUT2D eigenvalue weighted by Gasteiger charge is -2.39. The summed E-state index contributed by atoms with van der Waals surface area (Å²) in [7, 11) is 0. The van der Waals surface area contributed by atoms with E-state index in [0.29, 0.717) is 10.0 Å². The molecule has 4 nitrogen and oxygen atoms in total. The molecule has 0 saturated carbocycles. The van der Waals surface area contributed by atoms with Gasteiger partial charge >= 0.3 is 0 Å². The molecule has 8 rings (SSSR count). The van der Waals surface area contributed by atoms with Gasteiger partial charge in [0.2, 0.25) is 5.36 Å². The maximum absolute atomic E-state index is 7.27. The number of halogens is 2. The van der Waals surface area contributed by atoms with Gasteiger partial charge in [-0.05, 0) is 82.2 Å². The van der Waals surface area contributed by atoms with Crippen molar-refractivity contribution in [1.29, 1.82) is 0 Å². The van der Waals surface area contributed by atoms with Crippen LogP contribution in [0.2, 0.25) is 10.0 Å². The zero-order chi connectivity index (χ0) is 27.8. The molecule has 5 aliphatic heterocycles. The van der Waals surface area contributed by atoms with E-state index in [9.17, 15) is 0 Å². The third-order valence-corrected chi connectivity index (χ3v) is 10.7. The van der Waals surface area contributed by atoms with Crippen LogP contribution in [0.4, 0.5) is 11.4 Å². The van der Waals surface area contributed by atoms with Gasteiger partial charge in [0.05, 0.1) is 15.6 Å². The van der Waals surface area contributed by atoms with Crippen LogP contribution in [0.25, 0.3) is 5.57 Å². The summed E-state index contributed by atoms with van der Waals surface area (Å²) in [6, 6.07) is 9.08. The highest BCUT2D eigenvalue weighted by atomic mass is 35.5. The molecule has 0 amide bonds. The molecule has 0 aliphatic carbocycles. The maximum Gasteiger partial charge on any atom is 0.210 e. The van der Waals surface area contributed by atoms with E-state index >= 15 is 0 Å². The molecule has 0 atom stereocenters. The SMILES string of the molecule is CCN(CC)c1cc(Cl)c(C2=c3cc4c5c(c3Oc3c2cc2c6c3CCCN6CCC2)CCC[N+]=5CCC4)c(Cl)c1. The van der Waals surface area contributed by atoms with E-state index in [1.807, 2.05) is 0 Å². The predicted octanol–water partition coefficient (Wildman–Crippen LogP) is 6.27. The van der Waals surface area contributed by atoms with Crippen LogP contribution in [-0.2, 0) is 25.7 Å². The molecule has 3 aromatic rings. The van der Waals surface area contributed by atoms with Gasteiger partial charge in [-0.3, -0.25) is 0 Å². The van der Waals surface area contributed by atoms with Crippen molar-refractivity contribution in [3.63, 3.8) is 0 Å². The Morgan fingerprint density at radius 1 is 0.805 bits per heavy atom. The second-order valence-electron chi connectivity index (χ2n) is 12.3. The molecule has 0 saturated heterocycles. The zero-order valence-corrected chi connectivity index (χ0v) is 25.7. The summed E-state index contributed by atoms with van der Waals surface area (Å²) in [4.78, 5) is 4.91. The first-order chi connectivity index (χ1) is 20.1. The lowest BCUT2D eigenvalue weighted by molar-refractivity contribution is 0.431. The fourth-order valence-electron chi connectivity index (χ4n) is 8.35. The third-order valence-electron chi connectivity index (χ3n) is 10.1. The smallest absolute Gasteiger partial charge is 0.210 e. The minimum Gasteiger partial charge on any atom is -0.455 e. The highest BCUT2D eigenvalue weighted by Crippen LogP contribution is 2.50. The fourth-order valence-corrected chi connectivity index (χ4v) is 9.02. The molecular weight excluding hydrogens is 549 g/mol. The Kier molecular flexibility index (Phi) is 6.30. The standard InChI is InChI=1S/C35H38Cl2N3O/c1-3-38(4-2)23-19-28(36)31(29(37)20-23)30-26-17-21-9-5-13-39-15-7-11-24(32(21)39)34(26)41-35-25-12-8-16-40-14-6-10-22(33(25)40)18-27(30)35/h17-20H,3-16H2,1-2H3/q+1. The number of nitrogens with zero attached hydrogens (tertiary/aromatic N) is 3. The second-order valence-corrected chi connectivity index (χ2v) is 13.1. The van der Waals surface area contributed by atoms with Gasteiger partial charge in [0, 0.05) is 83.4 Å². The Bertz CT molecular complexity index is 1710. The molecule has 212 valence electrons. The Morgan fingerprint density at radius 3 is 2.24 bits per heavy atom. The van der Waals surface area contributed by atoms with Crippen LogP contribution >= 0.6 is 23.2 Å². The van der Waals surface area contributed by atoms with Crippen molar-refractivity contribution in [2.24, 2.45) is 0 Å². The maximum atomic E-state index is 7.27. The average Bonchev–Trinajstić information content (AvgIpc) is 2.98. The number of hydrogen-bond acceptors (Lipinski definition) is 3. The molecule has 41 heavy (non-hydrogen) atoms. The predicted molar refractivity (Wildman–Crippen MR) is 170 cm³/mol. The topological polar surface area (TPSA) is 18.7 Å². The normalized spacial score (nSPS) is 18.3. The van der Waals surface area contributed by atoms with Gasteiger partial charge in [-0.1, -0.05) is 23.2 Å². The Labute approximate surface area is 252 Å². The van der Waals surface area contributed by atoms with Gasteiger partial charge in [-0.15, -0.1) is 0 Å². The highest BCUT2D eigenvalue weighted by molar-refractivity contribution is 6.38. The molecule has 6 heteroatoms. The van der Waals surface area contributed by atoms with Crippen molar-refractivity contribution in [2.75, 3.05) is 49.1 Å². The third kappa shape index (κ3) is 3.89. The number of rotatable bonds is 4. The van der Waals surface area contributed by atoms with Crippen molar-refractivity contribution >= 4 is 40.1 Å². The van der Waals surface area contributed by atoms with Gasteiger partial charge in [-0.2, -0.15) is 0 Å². The first-order valence-corrected chi connectivity index (χ1v) is 16.5. The number of fused-ring (bicyclic) bond motifs is 4. The van der Waals surface area contributed by atoms with Gasteiger partial charge in [0.25, 0.3) is 0 Å². The Morgan fingerprint density at radius 2 is 1.49 bits per heavy atom. The quantitative estimate of drug-likeness (QED) is 0.262. The second kappa shape index (κ2) is 9.95. The van der Waals surface area contributed by atoms with Crippen molar-refractivity contribution in [1.82, 2.24) is 4.58 Å². The van der Waals surface area contributed by atoms with E-state index in [0.717, 1.165) is 93.3 Å². The minimum atomic E-state index is 0.717. The van der Waals surface area contributed by atoms with Crippen molar-refractivity contribution in [3.8, 4) is 11.5 Å². The highest BCUT2D eigenvalue weighted by Gasteiger charge is 2.36. The van der Waals surface area contributed by atoms with E-state index in [-0.39, 0.29) is 0 Å². The summed E-state index contributed by atoms with van der Waals surface area (Å²) >= 11 is 14.5. The number of ether oxygens (including phenoxy) is 1. The van der Waals surface area contributed by atoms with Gasteiger partial charge in [0.15, 0.2) is 0 Å². The van der Waals surface area contributed by atoms with Crippen LogP contribution in [0.5, 0.6) is 11.5 Å². The molecule has 0 radical (unpaired) electrons. The molecule has 0 bridgehead atoms. The van der Waals surface area contributed by atoms with Crippen molar-refractivity contribution in [2.45, 2.75) is 65.2 Å². The van der Waals surface area contributed by atoms with Crippen molar-refractivity contribution in [3.05, 3.63) is 78.3 Å². The van der Waals surface area contributed by atoms with E-state index in [4.69, 9.17) is 27.9 Å². The van der Waals surface area contributed by atoms with Crippen LogP contribution in [0, 0.1) is 0 Å². The summed E-state index contributed by atoms with van der Waals surface area (Å²) in [6.07, 6.45) is 9.06. The summed E-state index contributed by atoms with van der Waals surface area (Å²) in [5.74, 6) is 2.09. The Hall–Kier alpha value is -2.69. The molecule has 3 aromatic carbocycles. The minimum absolute atomic E-state index is 0.717. The van der Waals surface area contributed by atoms with E-state index in [2.05, 4.69) is 52.5 Å².